The van der Waals surface area contributed by atoms with Crippen molar-refractivity contribution in [2.45, 2.75) is 5.79 Å². The van der Waals surface area contributed by atoms with E-state index < -0.39 is 17.7 Å². The molecule has 6 heteroatoms. The van der Waals surface area contributed by atoms with Gasteiger partial charge in [0.05, 0.1) is 0 Å². The van der Waals surface area contributed by atoms with Crippen molar-refractivity contribution in [3.05, 3.63) is 108 Å². The summed E-state index contributed by atoms with van der Waals surface area (Å²) in [6.07, 6.45) is 6.93. The summed E-state index contributed by atoms with van der Waals surface area (Å²) in [7, 11) is 0. The molecule has 33 heavy (non-hydrogen) atoms. The molecule has 0 saturated heterocycles. The zero-order valence-electron chi connectivity index (χ0n) is 17.8. The summed E-state index contributed by atoms with van der Waals surface area (Å²) < 4.78 is 21.8. The number of hydrogen-bond donors (Lipinski definition) is 0. The first-order chi connectivity index (χ1) is 16.2. The topological polar surface area (TPSA) is 71.1 Å². The van der Waals surface area contributed by atoms with Gasteiger partial charge in [-0.2, -0.15) is 0 Å². The largest absolute Gasteiger partial charge is 0.455 e. The molecule has 3 aromatic rings. The fourth-order valence-electron chi connectivity index (χ4n) is 3.13. The highest BCUT2D eigenvalue weighted by Crippen LogP contribution is 2.40. The van der Waals surface area contributed by atoms with Crippen molar-refractivity contribution in [1.82, 2.24) is 0 Å². The number of ether oxygens (including phenoxy) is 4. The number of benzene rings is 3. The smallest absolute Gasteiger partial charge is 0.453 e. The summed E-state index contributed by atoms with van der Waals surface area (Å²) >= 11 is 0. The van der Waals surface area contributed by atoms with Crippen LogP contribution in [0.4, 0.5) is 0 Å². The Morgan fingerprint density at radius 3 is 1.45 bits per heavy atom. The predicted molar refractivity (Wildman–Crippen MR) is 123 cm³/mol. The Morgan fingerprint density at radius 1 is 0.636 bits per heavy atom. The SMILES string of the molecule is O=C(OCC=Cc1ccccc1)C1(C(=O)OCC=Cc2ccccc2)Oc2ccccc2O1. The highest BCUT2D eigenvalue weighted by atomic mass is 16.8. The average molecular weight is 442 g/mol. The van der Waals surface area contributed by atoms with Gasteiger partial charge in [0.1, 0.15) is 13.2 Å². The van der Waals surface area contributed by atoms with Crippen LogP contribution in [0.2, 0.25) is 0 Å². The van der Waals surface area contributed by atoms with Crippen LogP contribution in [0, 0.1) is 0 Å². The average Bonchev–Trinajstić information content (AvgIpc) is 3.27. The fourth-order valence-corrected chi connectivity index (χ4v) is 3.13. The Kier molecular flexibility index (Phi) is 6.85. The van der Waals surface area contributed by atoms with Crippen molar-refractivity contribution >= 4 is 24.1 Å². The van der Waals surface area contributed by atoms with Gasteiger partial charge < -0.3 is 18.9 Å². The molecule has 1 aliphatic heterocycles. The molecule has 1 aliphatic rings. The normalized spacial score (nSPS) is 13.8. The lowest BCUT2D eigenvalue weighted by Crippen LogP contribution is -2.56. The van der Waals surface area contributed by atoms with E-state index in [9.17, 15) is 9.59 Å². The van der Waals surface area contributed by atoms with Gasteiger partial charge in [-0.05, 0) is 35.4 Å². The molecule has 0 fully saturated rings. The minimum Gasteiger partial charge on any atom is -0.455 e. The number of carbonyl (C=O) groups excluding carboxylic acids is 2. The molecule has 0 saturated carbocycles. The van der Waals surface area contributed by atoms with Crippen LogP contribution in [0.15, 0.2) is 97.1 Å². The lowest BCUT2D eigenvalue weighted by atomic mass is 10.2. The van der Waals surface area contributed by atoms with Crippen LogP contribution >= 0.6 is 0 Å². The van der Waals surface area contributed by atoms with Crippen molar-refractivity contribution in [1.29, 1.82) is 0 Å². The molecule has 0 spiro atoms. The molecule has 0 atom stereocenters. The van der Waals surface area contributed by atoms with Crippen molar-refractivity contribution < 1.29 is 28.5 Å². The monoisotopic (exact) mass is 442 g/mol. The van der Waals surface area contributed by atoms with Crippen LogP contribution in [0.3, 0.4) is 0 Å². The van der Waals surface area contributed by atoms with Crippen LogP contribution in [0.5, 0.6) is 11.5 Å². The molecule has 0 bridgehead atoms. The van der Waals surface area contributed by atoms with Gasteiger partial charge in [-0.25, -0.2) is 9.59 Å². The van der Waals surface area contributed by atoms with Crippen LogP contribution in [-0.4, -0.2) is 30.9 Å². The van der Waals surface area contributed by atoms with Crippen LogP contribution in [0.25, 0.3) is 12.2 Å². The number of carbonyl (C=O) groups is 2. The van der Waals surface area contributed by atoms with Gasteiger partial charge >= 0.3 is 17.7 Å². The van der Waals surface area contributed by atoms with Gasteiger partial charge in [-0.3, -0.25) is 0 Å². The van der Waals surface area contributed by atoms with Gasteiger partial charge in [0.15, 0.2) is 11.5 Å². The van der Waals surface area contributed by atoms with Gasteiger partial charge in [0.25, 0.3) is 0 Å². The van der Waals surface area contributed by atoms with E-state index in [0.29, 0.717) is 0 Å². The maximum atomic E-state index is 12.9. The Morgan fingerprint density at radius 2 is 1.03 bits per heavy atom. The van der Waals surface area contributed by atoms with Crippen molar-refractivity contribution in [2.24, 2.45) is 0 Å². The minimum atomic E-state index is -2.36. The summed E-state index contributed by atoms with van der Waals surface area (Å²) in [4.78, 5) is 25.8. The molecule has 0 amide bonds. The standard InChI is InChI=1S/C27H22O6/c28-25(30-19-9-15-21-11-3-1-4-12-21)27(32-23-17-7-8-18-24(23)33-27)26(29)31-20-10-16-22-13-5-2-6-14-22/h1-18H,19-20H2. The lowest BCUT2D eigenvalue weighted by molar-refractivity contribution is -0.201. The number of esters is 2. The third kappa shape index (κ3) is 5.30. The van der Waals surface area contributed by atoms with E-state index in [1.807, 2.05) is 60.7 Å². The molecule has 0 N–H and O–H groups in total. The lowest BCUT2D eigenvalue weighted by Gasteiger charge is -2.22. The highest BCUT2D eigenvalue weighted by molar-refractivity contribution is 6.03. The Balaban J connectivity index is 1.42. The maximum Gasteiger partial charge on any atom is 0.453 e. The molecule has 6 nitrogen and oxygen atoms in total. The van der Waals surface area contributed by atoms with E-state index in [1.165, 1.54) is 0 Å². The molecule has 166 valence electrons. The first-order valence-corrected chi connectivity index (χ1v) is 10.4. The van der Waals surface area contributed by atoms with Gasteiger partial charge in [-0.1, -0.05) is 84.9 Å². The van der Waals surface area contributed by atoms with Crippen LogP contribution < -0.4 is 9.47 Å². The molecule has 3 aromatic carbocycles. The highest BCUT2D eigenvalue weighted by Gasteiger charge is 2.59. The van der Waals surface area contributed by atoms with Crippen molar-refractivity contribution in [2.75, 3.05) is 13.2 Å². The number of rotatable bonds is 8. The predicted octanol–water partition coefficient (Wildman–Crippen LogP) is 4.67. The van der Waals surface area contributed by atoms with E-state index in [0.717, 1.165) is 11.1 Å². The first-order valence-electron chi connectivity index (χ1n) is 10.4. The van der Waals surface area contributed by atoms with Gasteiger partial charge in [-0.15, -0.1) is 0 Å². The van der Waals surface area contributed by atoms with E-state index in [-0.39, 0.29) is 24.7 Å². The van der Waals surface area contributed by atoms with E-state index in [1.54, 1.807) is 48.6 Å². The quantitative estimate of drug-likeness (QED) is 0.373. The van der Waals surface area contributed by atoms with Crippen molar-refractivity contribution in [3.8, 4) is 11.5 Å². The van der Waals surface area contributed by atoms with Gasteiger partial charge in [0.2, 0.25) is 0 Å². The maximum absolute atomic E-state index is 12.9. The summed E-state index contributed by atoms with van der Waals surface area (Å²) in [6, 6.07) is 25.7. The second kappa shape index (κ2) is 10.3. The Labute approximate surface area is 191 Å². The molecular formula is C27H22O6. The molecule has 0 aromatic heterocycles. The third-order valence-corrected chi connectivity index (χ3v) is 4.74. The Bertz CT molecular complexity index is 1060. The van der Waals surface area contributed by atoms with Crippen LogP contribution in [0.1, 0.15) is 11.1 Å². The summed E-state index contributed by atoms with van der Waals surface area (Å²) in [5.74, 6) is -3.83. The minimum absolute atomic E-state index is 0.0697. The van der Waals surface area contributed by atoms with Crippen LogP contribution in [-0.2, 0) is 19.1 Å². The second-order valence-electron chi connectivity index (χ2n) is 7.09. The number of fused-ring (bicyclic) bond motifs is 1. The van der Waals surface area contributed by atoms with Gasteiger partial charge in [0, 0.05) is 0 Å². The molecule has 1 heterocycles. The third-order valence-electron chi connectivity index (χ3n) is 4.74. The van der Waals surface area contributed by atoms with E-state index >= 15 is 0 Å². The molecule has 0 unspecified atom stereocenters. The summed E-state index contributed by atoms with van der Waals surface area (Å²) in [5, 5.41) is 0. The molecule has 0 aliphatic carbocycles. The molecular weight excluding hydrogens is 420 g/mol. The zero-order valence-corrected chi connectivity index (χ0v) is 17.8. The Hall–Kier alpha value is -4.32. The summed E-state index contributed by atoms with van der Waals surface area (Å²) in [5.41, 5.74) is 1.90. The fraction of sp³-hybridized carbons (Fsp3) is 0.111. The second-order valence-corrected chi connectivity index (χ2v) is 7.09. The van der Waals surface area contributed by atoms with E-state index in [2.05, 4.69) is 0 Å². The first kappa shape index (κ1) is 21.9. The molecule has 0 radical (unpaired) electrons. The molecule has 4 rings (SSSR count). The van der Waals surface area contributed by atoms with E-state index in [4.69, 9.17) is 18.9 Å². The number of para-hydroxylation sites is 2. The zero-order chi connectivity index (χ0) is 22.9. The number of hydrogen-bond acceptors (Lipinski definition) is 6. The van der Waals surface area contributed by atoms with Crippen molar-refractivity contribution in [3.63, 3.8) is 0 Å². The summed E-state index contributed by atoms with van der Waals surface area (Å²) in [6.45, 7) is -0.139.